The molecule has 0 bridgehead atoms. The zero-order valence-electron chi connectivity index (χ0n) is 22.4. The molecule has 1 aromatic heterocycles. The van der Waals surface area contributed by atoms with Crippen molar-refractivity contribution in [3.8, 4) is 0 Å². The van der Waals surface area contributed by atoms with Crippen LogP contribution in [0.1, 0.15) is 17.2 Å². The van der Waals surface area contributed by atoms with Gasteiger partial charge in [-0.25, -0.2) is 9.48 Å². The van der Waals surface area contributed by atoms with Gasteiger partial charge in [-0.2, -0.15) is 0 Å². The van der Waals surface area contributed by atoms with Gasteiger partial charge in [0.25, 0.3) is 24.0 Å². The number of benzene rings is 2. The molecule has 17 heteroatoms. The lowest BCUT2D eigenvalue weighted by Crippen LogP contribution is -2.71. The zero-order chi connectivity index (χ0) is 30.5. The third-order valence-electron chi connectivity index (χ3n) is 6.54. The SMILES string of the molecule is Cn1nnnc1SCC1=C(C(=O)OCc2ccc([N+](=O)[O-])cc2)N2C(=O)C(NC(=O)C(OC=O)c3ccccc3)[C@@H]2SC1. The summed E-state index contributed by atoms with van der Waals surface area (Å²) in [5.74, 6) is -1.36. The van der Waals surface area contributed by atoms with Crippen LogP contribution in [0.5, 0.6) is 0 Å². The fraction of sp³-hybridized carbons (Fsp3) is 0.269. The number of hydrogen-bond acceptors (Lipinski definition) is 13. The summed E-state index contributed by atoms with van der Waals surface area (Å²) in [5, 5.41) is 24.8. The molecule has 1 saturated heterocycles. The van der Waals surface area contributed by atoms with Crippen LogP contribution in [0.2, 0.25) is 0 Å². The molecule has 2 amide bonds. The number of nitro benzene ring substituents is 1. The van der Waals surface area contributed by atoms with Gasteiger partial charge >= 0.3 is 5.97 Å². The summed E-state index contributed by atoms with van der Waals surface area (Å²) in [5.41, 5.74) is 1.50. The molecule has 0 saturated carbocycles. The quantitative estimate of drug-likeness (QED) is 0.0762. The number of ether oxygens (including phenoxy) is 2. The molecule has 2 aliphatic rings. The van der Waals surface area contributed by atoms with E-state index in [9.17, 15) is 29.3 Å². The van der Waals surface area contributed by atoms with Gasteiger partial charge in [-0.3, -0.25) is 29.4 Å². The van der Waals surface area contributed by atoms with Crippen molar-refractivity contribution >= 4 is 53.5 Å². The van der Waals surface area contributed by atoms with E-state index >= 15 is 0 Å². The number of rotatable bonds is 12. The van der Waals surface area contributed by atoms with Crippen LogP contribution in [0.4, 0.5) is 5.69 Å². The highest BCUT2D eigenvalue weighted by Crippen LogP contribution is 2.42. The second kappa shape index (κ2) is 13.0. The first kappa shape index (κ1) is 29.7. The van der Waals surface area contributed by atoms with E-state index in [4.69, 9.17) is 9.47 Å². The number of nitrogens with one attached hydrogen (secondary N) is 1. The standard InChI is InChI=1S/C26H23N7O8S2/c1-31-26(28-29-30-31)43-13-17-12-42-24-19(27-22(35)21(41-14-34)16-5-3-2-4-6-16)23(36)32(24)20(17)25(37)40-11-15-7-9-18(10-8-15)33(38)39/h2-10,14,19,21,24H,11-13H2,1H3,(H,27,35)/t19?,21?,24-/m0/s1. The molecular formula is C26H23N7O8S2. The molecule has 0 radical (unpaired) electrons. The zero-order valence-corrected chi connectivity index (χ0v) is 24.0. The third-order valence-corrected chi connectivity index (χ3v) is 8.98. The maximum Gasteiger partial charge on any atom is 0.355 e. The van der Waals surface area contributed by atoms with Crippen molar-refractivity contribution in [3.05, 3.63) is 87.1 Å². The van der Waals surface area contributed by atoms with Crippen molar-refractivity contribution in [1.29, 1.82) is 0 Å². The largest absolute Gasteiger partial charge is 0.456 e. The first-order valence-corrected chi connectivity index (χ1v) is 14.7. The van der Waals surface area contributed by atoms with Crippen LogP contribution in [0.25, 0.3) is 0 Å². The van der Waals surface area contributed by atoms with Crippen LogP contribution in [0.3, 0.4) is 0 Å². The van der Waals surface area contributed by atoms with Gasteiger partial charge in [0.05, 0.1) is 4.92 Å². The normalized spacial score (nSPS) is 18.3. The summed E-state index contributed by atoms with van der Waals surface area (Å²) in [7, 11) is 1.67. The Morgan fingerprint density at radius 1 is 1.23 bits per heavy atom. The Morgan fingerprint density at radius 3 is 2.63 bits per heavy atom. The molecule has 43 heavy (non-hydrogen) atoms. The minimum atomic E-state index is -1.26. The van der Waals surface area contributed by atoms with Crippen molar-refractivity contribution in [2.24, 2.45) is 7.05 Å². The van der Waals surface area contributed by atoms with Crippen LogP contribution in [0, 0.1) is 10.1 Å². The van der Waals surface area contributed by atoms with Gasteiger partial charge < -0.3 is 14.8 Å². The van der Waals surface area contributed by atoms with E-state index in [1.807, 2.05) is 0 Å². The number of carbonyl (C=O) groups excluding carboxylic acids is 4. The minimum Gasteiger partial charge on any atom is -0.456 e. The number of nitrogens with zero attached hydrogens (tertiary/aromatic N) is 6. The van der Waals surface area contributed by atoms with Crippen LogP contribution in [-0.4, -0.2) is 77.2 Å². The van der Waals surface area contributed by atoms with Crippen molar-refractivity contribution in [2.45, 2.75) is 29.3 Å². The summed E-state index contributed by atoms with van der Waals surface area (Å²) in [6, 6.07) is 12.9. The van der Waals surface area contributed by atoms with Crippen LogP contribution < -0.4 is 5.32 Å². The number of nitro groups is 1. The molecular weight excluding hydrogens is 602 g/mol. The summed E-state index contributed by atoms with van der Waals surface area (Å²) in [4.78, 5) is 62.7. The highest BCUT2D eigenvalue weighted by molar-refractivity contribution is 8.01. The Kier molecular flexibility index (Phi) is 9.01. The lowest BCUT2D eigenvalue weighted by Gasteiger charge is -2.49. The van der Waals surface area contributed by atoms with E-state index in [0.29, 0.717) is 27.6 Å². The molecule has 0 spiro atoms. The van der Waals surface area contributed by atoms with Crippen LogP contribution in [-0.2, 0) is 42.3 Å². The number of aromatic nitrogens is 4. The lowest BCUT2D eigenvalue weighted by molar-refractivity contribution is -0.384. The second-order valence-electron chi connectivity index (χ2n) is 9.24. The fourth-order valence-corrected chi connectivity index (χ4v) is 6.75. The molecule has 2 unspecified atom stereocenters. The van der Waals surface area contributed by atoms with Gasteiger partial charge in [-0.1, -0.05) is 42.1 Å². The van der Waals surface area contributed by atoms with Gasteiger partial charge in [-0.05, 0) is 33.7 Å². The van der Waals surface area contributed by atoms with Crippen molar-refractivity contribution in [3.63, 3.8) is 0 Å². The Morgan fingerprint density at radius 2 is 1.98 bits per heavy atom. The molecule has 15 nitrogen and oxygen atoms in total. The summed E-state index contributed by atoms with van der Waals surface area (Å²) in [6.07, 6.45) is -1.26. The first-order valence-electron chi connectivity index (χ1n) is 12.6. The first-order chi connectivity index (χ1) is 20.8. The number of carbonyl (C=O) groups is 4. The van der Waals surface area contributed by atoms with Gasteiger partial charge in [0.1, 0.15) is 23.7 Å². The number of aryl methyl sites for hydroxylation is 1. The van der Waals surface area contributed by atoms with Crippen molar-refractivity contribution < 1.29 is 33.6 Å². The maximum absolute atomic E-state index is 13.4. The smallest absolute Gasteiger partial charge is 0.355 e. The molecule has 3 aromatic rings. The minimum absolute atomic E-state index is 0.0486. The predicted molar refractivity (Wildman–Crippen MR) is 151 cm³/mol. The Bertz CT molecular complexity index is 1580. The molecule has 0 aliphatic carbocycles. The molecule has 222 valence electrons. The van der Waals surface area contributed by atoms with Gasteiger partial charge in [0, 0.05) is 36.2 Å². The summed E-state index contributed by atoms with van der Waals surface area (Å²) in [6.45, 7) is -0.0182. The van der Waals surface area contributed by atoms with Gasteiger partial charge in [0.15, 0.2) is 0 Å². The molecule has 1 fully saturated rings. The Balaban J connectivity index is 1.34. The maximum atomic E-state index is 13.4. The van der Waals surface area contributed by atoms with E-state index < -0.39 is 40.2 Å². The predicted octanol–water partition coefficient (Wildman–Crippen LogP) is 1.52. The number of fused-ring (bicyclic) bond motifs is 1. The van der Waals surface area contributed by atoms with Crippen LogP contribution >= 0.6 is 23.5 Å². The number of amides is 2. The van der Waals surface area contributed by atoms with Gasteiger partial charge in [-0.15, -0.1) is 16.9 Å². The molecule has 2 aromatic carbocycles. The molecule has 1 N–H and O–H groups in total. The molecule has 2 aliphatic heterocycles. The van der Waals surface area contributed by atoms with Crippen LogP contribution in [0.15, 0.2) is 71.0 Å². The number of β-lactam (4-membered cyclic amide) rings is 1. The lowest BCUT2D eigenvalue weighted by atomic mass is 10.0. The van der Waals surface area contributed by atoms with Crippen molar-refractivity contribution in [2.75, 3.05) is 11.5 Å². The average Bonchev–Trinajstić information content (AvgIpc) is 3.44. The number of tetrazole rings is 1. The highest BCUT2D eigenvalue weighted by Gasteiger charge is 2.55. The number of thioether (sulfide) groups is 2. The average molecular weight is 626 g/mol. The second-order valence-corrected chi connectivity index (χ2v) is 11.3. The summed E-state index contributed by atoms with van der Waals surface area (Å²) < 4.78 is 12.0. The molecule has 3 atom stereocenters. The third kappa shape index (κ3) is 6.36. The number of hydrogen-bond donors (Lipinski definition) is 1. The number of non-ortho nitro benzene ring substituents is 1. The topological polar surface area (TPSA) is 189 Å². The Hall–Kier alpha value is -4.77. The van der Waals surface area contributed by atoms with E-state index in [1.165, 1.54) is 57.4 Å². The van der Waals surface area contributed by atoms with Gasteiger partial charge in [0.2, 0.25) is 11.3 Å². The summed E-state index contributed by atoms with van der Waals surface area (Å²) >= 11 is 2.63. The number of esters is 1. The molecule has 3 heterocycles. The van der Waals surface area contributed by atoms with E-state index in [2.05, 4.69) is 20.8 Å². The molecule has 5 rings (SSSR count). The highest BCUT2D eigenvalue weighted by atomic mass is 32.2. The van der Waals surface area contributed by atoms with E-state index in [1.54, 1.807) is 37.4 Å². The van der Waals surface area contributed by atoms with Crippen molar-refractivity contribution in [1.82, 2.24) is 30.4 Å². The Labute approximate surface area is 252 Å². The fourth-order valence-electron chi connectivity index (χ4n) is 4.41. The van der Waals surface area contributed by atoms with E-state index in [0.717, 1.165) is 0 Å². The monoisotopic (exact) mass is 625 g/mol. The van der Waals surface area contributed by atoms with E-state index in [-0.39, 0.29) is 30.2 Å².